The van der Waals surface area contributed by atoms with Gasteiger partial charge in [-0.2, -0.15) is 0 Å². The molecule has 0 radical (unpaired) electrons. The number of amides is 1. The van der Waals surface area contributed by atoms with E-state index in [4.69, 9.17) is 21.1 Å². The van der Waals surface area contributed by atoms with E-state index in [2.05, 4.69) is 15.3 Å². The molecule has 0 aliphatic carbocycles. The van der Waals surface area contributed by atoms with Crippen LogP contribution in [0.1, 0.15) is 41.2 Å². The number of hydrogen-bond donors (Lipinski definition) is 2. The van der Waals surface area contributed by atoms with Gasteiger partial charge in [0.1, 0.15) is 6.54 Å². The molecule has 1 aromatic carbocycles. The molecule has 0 bridgehead atoms. The number of carboxylic acids is 1. The average molecular weight is 475 g/mol. The molecule has 2 aliphatic heterocycles. The quantitative estimate of drug-likeness (QED) is 0.581. The number of ether oxygens (including phenoxy) is 2. The lowest BCUT2D eigenvalue weighted by Gasteiger charge is -2.23. The fourth-order valence-corrected chi connectivity index (χ4v) is 4.30. The van der Waals surface area contributed by atoms with Gasteiger partial charge in [0.2, 0.25) is 5.95 Å². The van der Waals surface area contributed by atoms with E-state index in [9.17, 15) is 19.5 Å². The van der Waals surface area contributed by atoms with E-state index >= 15 is 0 Å². The molecule has 1 aromatic heterocycles. The van der Waals surface area contributed by atoms with Crippen LogP contribution in [0.4, 0.5) is 5.95 Å². The van der Waals surface area contributed by atoms with Crippen LogP contribution in [0.15, 0.2) is 24.4 Å². The molecule has 3 heterocycles. The number of nitrogens with zero attached hydrogens (tertiary/aromatic N) is 3. The largest absolute Gasteiger partial charge is 0.480 e. The van der Waals surface area contributed by atoms with Gasteiger partial charge in [-0.25, -0.2) is 9.97 Å². The maximum atomic E-state index is 13.0. The van der Waals surface area contributed by atoms with E-state index in [-0.39, 0.29) is 12.5 Å². The molecular formula is C22H23ClN4O6. The van der Waals surface area contributed by atoms with Gasteiger partial charge >= 0.3 is 11.9 Å². The second kappa shape index (κ2) is 9.72. The summed E-state index contributed by atoms with van der Waals surface area (Å²) in [5.41, 5.74) is 1.88. The van der Waals surface area contributed by atoms with Gasteiger partial charge in [0.25, 0.3) is 5.91 Å². The Bertz CT molecular complexity index is 1090. The third-order valence-corrected chi connectivity index (χ3v) is 6.02. The molecule has 1 unspecified atom stereocenters. The maximum Gasteiger partial charge on any atom is 0.323 e. The first-order chi connectivity index (χ1) is 15.9. The number of aromatic nitrogens is 2. The fraction of sp³-hybridized carbons (Fsp3) is 0.409. The number of benzene rings is 1. The Morgan fingerprint density at radius 3 is 2.79 bits per heavy atom. The molecule has 2 aliphatic rings. The minimum absolute atomic E-state index is 0.144. The Labute approximate surface area is 194 Å². The number of anilines is 1. The topological polar surface area (TPSA) is 131 Å². The minimum Gasteiger partial charge on any atom is -0.480 e. The summed E-state index contributed by atoms with van der Waals surface area (Å²) < 4.78 is 10.1. The van der Waals surface area contributed by atoms with Crippen molar-refractivity contribution in [1.82, 2.24) is 14.9 Å². The van der Waals surface area contributed by atoms with Crippen molar-refractivity contribution in [2.75, 3.05) is 32.2 Å². The van der Waals surface area contributed by atoms with Crippen LogP contribution >= 0.6 is 11.6 Å². The first-order valence-corrected chi connectivity index (χ1v) is 10.9. The summed E-state index contributed by atoms with van der Waals surface area (Å²) >= 11 is 6.37. The Balaban J connectivity index is 1.66. The first kappa shape index (κ1) is 22.9. The smallest absolute Gasteiger partial charge is 0.323 e. The molecule has 1 atom stereocenters. The summed E-state index contributed by atoms with van der Waals surface area (Å²) in [5, 5.41) is 12.9. The fourth-order valence-electron chi connectivity index (χ4n) is 4.10. The van der Waals surface area contributed by atoms with Crippen molar-refractivity contribution < 1.29 is 29.0 Å². The second-order valence-corrected chi connectivity index (χ2v) is 8.25. The standard InChI is InChI=1S/C22H23ClN4O6/c1-32-19(30)9-17-14-3-2-12(8-15(14)21(31)27(17)11-18(28)29)20-16(23)10-24-22(26-20)25-13-4-6-33-7-5-13/h2-3,8,10,13,17H,4-7,9,11H2,1H3,(H,28,29)(H,24,25,26). The first-order valence-electron chi connectivity index (χ1n) is 10.5. The van der Waals surface area contributed by atoms with Crippen molar-refractivity contribution >= 4 is 35.4 Å². The number of rotatable bonds is 7. The maximum absolute atomic E-state index is 13.0. The molecule has 4 rings (SSSR count). The van der Waals surface area contributed by atoms with Crippen LogP contribution in [0, 0.1) is 0 Å². The zero-order valence-corrected chi connectivity index (χ0v) is 18.7. The molecule has 33 heavy (non-hydrogen) atoms. The van der Waals surface area contributed by atoms with E-state index in [0.717, 1.165) is 17.7 Å². The van der Waals surface area contributed by atoms with E-state index < -0.39 is 30.4 Å². The Morgan fingerprint density at radius 1 is 1.33 bits per heavy atom. The van der Waals surface area contributed by atoms with Crippen molar-refractivity contribution in [3.8, 4) is 11.3 Å². The third-order valence-electron chi connectivity index (χ3n) is 5.75. The molecule has 2 N–H and O–H groups in total. The number of esters is 1. The van der Waals surface area contributed by atoms with Gasteiger partial charge in [0, 0.05) is 30.4 Å². The summed E-state index contributed by atoms with van der Waals surface area (Å²) in [6, 6.07) is 4.53. The van der Waals surface area contributed by atoms with E-state index in [1.54, 1.807) is 18.2 Å². The highest BCUT2D eigenvalue weighted by molar-refractivity contribution is 6.33. The number of halogens is 1. The van der Waals surface area contributed by atoms with Gasteiger partial charge in [-0.15, -0.1) is 0 Å². The Kier molecular flexibility index (Phi) is 6.75. The number of aliphatic carboxylic acids is 1. The average Bonchev–Trinajstić information content (AvgIpc) is 3.05. The normalized spacial score (nSPS) is 18.2. The Morgan fingerprint density at radius 2 is 2.09 bits per heavy atom. The second-order valence-electron chi connectivity index (χ2n) is 7.85. The molecule has 1 fully saturated rings. The number of hydrogen-bond acceptors (Lipinski definition) is 8. The van der Waals surface area contributed by atoms with Crippen molar-refractivity contribution in [2.45, 2.75) is 31.3 Å². The third kappa shape index (κ3) is 4.91. The van der Waals surface area contributed by atoms with E-state index in [1.807, 2.05) is 0 Å². The lowest BCUT2D eigenvalue weighted by atomic mass is 9.98. The molecule has 11 heteroatoms. The van der Waals surface area contributed by atoms with Gasteiger partial charge in [-0.1, -0.05) is 23.7 Å². The number of fused-ring (bicyclic) bond motifs is 1. The molecule has 10 nitrogen and oxygen atoms in total. The van der Waals surface area contributed by atoms with Crippen LogP contribution in [0.25, 0.3) is 11.3 Å². The number of nitrogens with one attached hydrogen (secondary N) is 1. The lowest BCUT2D eigenvalue weighted by Crippen LogP contribution is -2.34. The zero-order valence-electron chi connectivity index (χ0n) is 17.9. The molecular weight excluding hydrogens is 452 g/mol. The van der Waals surface area contributed by atoms with Crippen LogP contribution in [0.2, 0.25) is 5.02 Å². The molecule has 2 aromatic rings. The number of methoxy groups -OCH3 is 1. The highest BCUT2D eigenvalue weighted by atomic mass is 35.5. The zero-order chi connectivity index (χ0) is 23.5. The van der Waals surface area contributed by atoms with Crippen LogP contribution < -0.4 is 5.32 Å². The predicted octanol–water partition coefficient (Wildman–Crippen LogP) is 2.53. The molecule has 0 spiro atoms. The van der Waals surface area contributed by atoms with Crippen LogP contribution in [0.3, 0.4) is 0 Å². The van der Waals surface area contributed by atoms with Crippen LogP contribution in [0.5, 0.6) is 0 Å². The van der Waals surface area contributed by atoms with Gasteiger partial charge in [0.05, 0.1) is 36.5 Å². The van der Waals surface area contributed by atoms with Gasteiger partial charge in [-0.3, -0.25) is 14.4 Å². The predicted molar refractivity (Wildman–Crippen MR) is 118 cm³/mol. The molecule has 0 saturated carbocycles. The summed E-state index contributed by atoms with van der Waals surface area (Å²) in [6.07, 6.45) is 3.04. The summed E-state index contributed by atoms with van der Waals surface area (Å²) in [6.45, 7) is 0.813. The summed E-state index contributed by atoms with van der Waals surface area (Å²) in [7, 11) is 1.24. The summed E-state index contributed by atoms with van der Waals surface area (Å²) in [4.78, 5) is 46.2. The summed E-state index contributed by atoms with van der Waals surface area (Å²) in [5.74, 6) is -1.77. The van der Waals surface area contributed by atoms with Crippen molar-refractivity contribution in [2.24, 2.45) is 0 Å². The van der Waals surface area contributed by atoms with Crippen LogP contribution in [-0.2, 0) is 19.1 Å². The number of carbonyl (C=O) groups is 3. The molecule has 1 saturated heterocycles. The van der Waals surface area contributed by atoms with E-state index in [0.29, 0.717) is 46.6 Å². The van der Waals surface area contributed by atoms with Gasteiger partial charge < -0.3 is 24.8 Å². The number of carbonyl (C=O) groups excluding carboxylic acids is 2. The van der Waals surface area contributed by atoms with Crippen molar-refractivity contribution in [3.05, 3.63) is 40.5 Å². The minimum atomic E-state index is -1.17. The lowest BCUT2D eigenvalue weighted by molar-refractivity contribution is -0.143. The van der Waals surface area contributed by atoms with Crippen LogP contribution in [-0.4, -0.2) is 70.7 Å². The van der Waals surface area contributed by atoms with Gasteiger partial charge in [0.15, 0.2) is 0 Å². The highest BCUT2D eigenvalue weighted by Gasteiger charge is 2.39. The molecule has 1 amide bonds. The highest BCUT2D eigenvalue weighted by Crippen LogP contribution is 2.39. The van der Waals surface area contributed by atoms with Crippen molar-refractivity contribution in [3.63, 3.8) is 0 Å². The Hall–Kier alpha value is -3.24. The monoisotopic (exact) mass is 474 g/mol. The SMILES string of the molecule is COC(=O)CC1c2ccc(-c3nc(NC4CCOCC4)ncc3Cl)cc2C(=O)N1CC(=O)O. The number of carboxylic acid groups (broad SMARTS) is 1. The molecule has 174 valence electrons. The van der Waals surface area contributed by atoms with Crippen molar-refractivity contribution in [1.29, 1.82) is 0 Å². The van der Waals surface area contributed by atoms with Gasteiger partial charge in [-0.05, 0) is 24.5 Å². The van der Waals surface area contributed by atoms with E-state index in [1.165, 1.54) is 13.3 Å².